The van der Waals surface area contributed by atoms with Crippen LogP contribution in [0.15, 0.2) is 24.3 Å². The Morgan fingerprint density at radius 3 is 2.53 bits per heavy atom. The summed E-state index contributed by atoms with van der Waals surface area (Å²) >= 11 is 17.6. The lowest BCUT2D eigenvalue weighted by Crippen LogP contribution is -1.93. The first-order valence-corrected chi connectivity index (χ1v) is 7.64. The molecule has 0 aliphatic rings. The van der Waals surface area contributed by atoms with Crippen LogP contribution in [0.3, 0.4) is 0 Å². The monoisotopic (exact) mass is 348 g/mol. The molecule has 0 fully saturated rings. The highest BCUT2D eigenvalue weighted by Gasteiger charge is 2.17. The van der Waals surface area contributed by atoms with Crippen molar-refractivity contribution in [3.63, 3.8) is 0 Å². The van der Waals surface area contributed by atoms with Crippen molar-refractivity contribution in [2.24, 2.45) is 0 Å². The molecule has 90 valence electrons. The fraction of sp³-hybridized carbons (Fsp3) is 0.231. The normalized spacial score (nSPS) is 12.8. The van der Waals surface area contributed by atoms with Gasteiger partial charge in [-0.1, -0.05) is 51.3 Å². The van der Waals surface area contributed by atoms with Gasteiger partial charge in [0.25, 0.3) is 0 Å². The van der Waals surface area contributed by atoms with E-state index in [0.717, 1.165) is 20.5 Å². The van der Waals surface area contributed by atoms with Crippen LogP contribution >= 0.6 is 50.5 Å². The van der Waals surface area contributed by atoms with Crippen molar-refractivity contribution < 1.29 is 0 Å². The Balaban J connectivity index is 2.43. The van der Waals surface area contributed by atoms with Gasteiger partial charge in [0.15, 0.2) is 0 Å². The first kappa shape index (κ1) is 13.4. The maximum Gasteiger partial charge on any atom is 0.0960 e. The molecule has 17 heavy (non-hydrogen) atoms. The lowest BCUT2D eigenvalue weighted by molar-refractivity contribution is 1.18. The lowest BCUT2D eigenvalue weighted by Gasteiger charge is -2.12. The van der Waals surface area contributed by atoms with Gasteiger partial charge in [0.2, 0.25) is 0 Å². The fourth-order valence-corrected chi connectivity index (χ4v) is 3.97. The zero-order valence-corrected chi connectivity index (χ0v) is 13.3. The van der Waals surface area contributed by atoms with Crippen molar-refractivity contribution in [1.82, 2.24) is 0 Å². The van der Waals surface area contributed by atoms with Gasteiger partial charge in [-0.2, -0.15) is 0 Å². The van der Waals surface area contributed by atoms with E-state index in [0.29, 0.717) is 0 Å². The van der Waals surface area contributed by atoms with E-state index in [2.05, 4.69) is 28.1 Å². The number of rotatable bonds is 2. The zero-order valence-electron chi connectivity index (χ0n) is 9.43. The predicted molar refractivity (Wildman–Crippen MR) is 81.0 cm³/mol. The van der Waals surface area contributed by atoms with Crippen molar-refractivity contribution in [2.75, 3.05) is 0 Å². The smallest absolute Gasteiger partial charge is 0.0960 e. The van der Waals surface area contributed by atoms with E-state index >= 15 is 0 Å². The van der Waals surface area contributed by atoms with Gasteiger partial charge in [-0.05, 0) is 42.7 Å². The zero-order chi connectivity index (χ0) is 12.6. The molecule has 1 aromatic heterocycles. The van der Waals surface area contributed by atoms with Crippen molar-refractivity contribution in [3.05, 3.63) is 55.2 Å². The van der Waals surface area contributed by atoms with Crippen LogP contribution in [0.2, 0.25) is 9.36 Å². The Bertz CT molecular complexity index is 529. The maximum atomic E-state index is 6.14. The second-order valence-electron chi connectivity index (χ2n) is 3.92. The molecule has 0 saturated carbocycles. The van der Waals surface area contributed by atoms with Crippen molar-refractivity contribution in [3.8, 4) is 0 Å². The number of alkyl halides is 1. The van der Waals surface area contributed by atoms with Gasteiger partial charge in [-0.25, -0.2) is 0 Å². The summed E-state index contributed by atoms with van der Waals surface area (Å²) in [4.78, 5) is 1.36. The molecule has 0 radical (unpaired) electrons. The quantitative estimate of drug-likeness (QED) is 0.570. The Hall–Kier alpha value is -0.0200. The van der Waals surface area contributed by atoms with E-state index in [1.807, 2.05) is 26.0 Å². The topological polar surface area (TPSA) is 0 Å². The molecular formula is C13H11BrCl2S. The molecule has 1 atom stereocenters. The largest absolute Gasteiger partial charge is 0.127 e. The van der Waals surface area contributed by atoms with Gasteiger partial charge in [-0.15, -0.1) is 11.3 Å². The van der Waals surface area contributed by atoms with Crippen molar-refractivity contribution >= 4 is 50.5 Å². The van der Waals surface area contributed by atoms with Gasteiger partial charge in [-0.3, -0.25) is 0 Å². The average molecular weight is 350 g/mol. The molecule has 1 heterocycles. The standard InChI is InChI=1S/C13H11BrCl2S/c1-7-6-11(17-13(7)16)12(14)9-4-3-5-10(15)8(9)2/h3-6,12H,1-2H3. The molecule has 0 aliphatic carbocycles. The molecule has 0 amide bonds. The highest BCUT2D eigenvalue weighted by molar-refractivity contribution is 9.09. The third kappa shape index (κ3) is 2.70. The minimum Gasteiger partial charge on any atom is -0.127 e. The second-order valence-corrected chi connectivity index (χ2v) is 6.93. The molecule has 0 aliphatic heterocycles. The number of halogens is 3. The number of thiophene rings is 1. The van der Waals surface area contributed by atoms with Crippen LogP contribution in [0, 0.1) is 13.8 Å². The average Bonchev–Trinajstić information content (AvgIpc) is 2.62. The summed E-state index contributed by atoms with van der Waals surface area (Å²) < 4.78 is 0.851. The first-order chi connectivity index (χ1) is 8.00. The molecule has 1 unspecified atom stereocenters. The highest BCUT2D eigenvalue weighted by atomic mass is 79.9. The maximum absolute atomic E-state index is 6.14. The summed E-state index contributed by atoms with van der Waals surface area (Å²) in [6, 6.07) is 8.09. The lowest BCUT2D eigenvalue weighted by atomic mass is 10.0. The molecule has 2 rings (SSSR count). The van der Waals surface area contributed by atoms with Gasteiger partial charge in [0, 0.05) is 9.90 Å². The summed E-state index contributed by atoms with van der Waals surface area (Å²) in [7, 11) is 0. The molecule has 0 bridgehead atoms. The fourth-order valence-electron chi connectivity index (χ4n) is 1.66. The van der Waals surface area contributed by atoms with E-state index in [4.69, 9.17) is 23.2 Å². The van der Waals surface area contributed by atoms with E-state index in [-0.39, 0.29) is 4.83 Å². The molecule has 0 nitrogen and oxygen atoms in total. The van der Waals surface area contributed by atoms with E-state index in [9.17, 15) is 0 Å². The second kappa shape index (κ2) is 5.31. The van der Waals surface area contributed by atoms with Crippen LogP contribution in [0.4, 0.5) is 0 Å². The number of hydrogen-bond acceptors (Lipinski definition) is 1. The van der Waals surface area contributed by atoms with Crippen molar-refractivity contribution in [2.45, 2.75) is 18.7 Å². The summed E-state index contributed by atoms with van der Waals surface area (Å²) in [5.74, 6) is 0. The molecule has 1 aromatic carbocycles. The van der Waals surface area contributed by atoms with Gasteiger partial charge >= 0.3 is 0 Å². The Labute approximate surface area is 124 Å². The van der Waals surface area contributed by atoms with Gasteiger partial charge < -0.3 is 0 Å². The first-order valence-electron chi connectivity index (χ1n) is 5.15. The molecule has 4 heteroatoms. The molecule has 2 aromatic rings. The molecule has 0 N–H and O–H groups in total. The molecular weight excluding hydrogens is 339 g/mol. The summed E-state index contributed by atoms with van der Waals surface area (Å²) in [6.07, 6.45) is 0. The van der Waals surface area contributed by atoms with Crippen LogP contribution in [0.1, 0.15) is 26.4 Å². The van der Waals surface area contributed by atoms with E-state index < -0.39 is 0 Å². The Morgan fingerprint density at radius 1 is 1.24 bits per heavy atom. The number of hydrogen-bond donors (Lipinski definition) is 0. The van der Waals surface area contributed by atoms with Crippen LogP contribution in [0.5, 0.6) is 0 Å². The van der Waals surface area contributed by atoms with Gasteiger partial charge in [0.1, 0.15) is 0 Å². The van der Waals surface area contributed by atoms with E-state index in [1.165, 1.54) is 10.4 Å². The van der Waals surface area contributed by atoms with Gasteiger partial charge in [0.05, 0.1) is 9.16 Å². The Kier molecular flexibility index (Phi) is 4.19. The van der Waals surface area contributed by atoms with Crippen molar-refractivity contribution in [1.29, 1.82) is 0 Å². The minimum absolute atomic E-state index is 0.150. The number of aryl methyl sites for hydroxylation is 1. The van der Waals surface area contributed by atoms with Crippen LogP contribution in [-0.4, -0.2) is 0 Å². The Morgan fingerprint density at radius 2 is 1.94 bits per heavy atom. The number of benzene rings is 1. The SMILES string of the molecule is Cc1cc(C(Br)c2cccc(Cl)c2C)sc1Cl. The van der Waals surface area contributed by atoms with Crippen LogP contribution < -0.4 is 0 Å². The third-order valence-corrected chi connectivity index (χ3v) is 6.03. The summed E-state index contributed by atoms with van der Waals surface area (Å²) in [5.41, 5.74) is 3.42. The minimum atomic E-state index is 0.150. The van der Waals surface area contributed by atoms with Crippen LogP contribution in [0.25, 0.3) is 0 Å². The third-order valence-electron chi connectivity index (χ3n) is 2.71. The van der Waals surface area contributed by atoms with E-state index in [1.54, 1.807) is 11.3 Å². The summed E-state index contributed by atoms with van der Waals surface area (Å²) in [5, 5.41) is 0.798. The predicted octanol–water partition coefficient (Wildman–Crippen LogP) is 6.16. The van der Waals surface area contributed by atoms with Crippen LogP contribution in [-0.2, 0) is 0 Å². The molecule has 0 saturated heterocycles. The summed E-state index contributed by atoms with van der Waals surface area (Å²) in [6.45, 7) is 4.06. The molecule has 0 spiro atoms. The highest BCUT2D eigenvalue weighted by Crippen LogP contribution is 2.40.